The highest BCUT2D eigenvalue weighted by Crippen LogP contribution is 2.03. The predicted molar refractivity (Wildman–Crippen MR) is 52.5 cm³/mol. The minimum absolute atomic E-state index is 0.00167. The van der Waals surface area contributed by atoms with E-state index in [1.807, 2.05) is 48.8 Å². The van der Waals surface area contributed by atoms with Crippen LogP contribution in [0.3, 0.4) is 0 Å². The minimum Gasteiger partial charge on any atom is -0.390 e. The molecule has 0 radical (unpaired) electrons. The van der Waals surface area contributed by atoms with Crippen molar-refractivity contribution < 1.29 is 5.11 Å². The monoisotopic (exact) mass is 178 g/mol. The molecule has 2 aromatic rings. The standard InChI is InChI=1S/C8H8N2O.C2H6/c11-6-7-5-10-4-2-1-3-8(10)9-7;1-2/h1-5,11H,6H2;1-2H3. The van der Waals surface area contributed by atoms with Gasteiger partial charge in [-0.2, -0.15) is 0 Å². The van der Waals surface area contributed by atoms with Gasteiger partial charge in [0.05, 0.1) is 12.3 Å². The molecule has 13 heavy (non-hydrogen) atoms. The van der Waals surface area contributed by atoms with Crippen LogP contribution in [-0.4, -0.2) is 14.5 Å². The summed E-state index contributed by atoms with van der Waals surface area (Å²) < 4.78 is 1.88. The van der Waals surface area contributed by atoms with Gasteiger partial charge in [0, 0.05) is 12.4 Å². The topological polar surface area (TPSA) is 37.5 Å². The van der Waals surface area contributed by atoms with Crippen molar-refractivity contribution in [2.75, 3.05) is 0 Å². The van der Waals surface area contributed by atoms with Gasteiger partial charge in [0.15, 0.2) is 0 Å². The largest absolute Gasteiger partial charge is 0.390 e. The summed E-state index contributed by atoms with van der Waals surface area (Å²) in [4.78, 5) is 4.14. The number of aromatic nitrogens is 2. The molecule has 0 saturated heterocycles. The molecule has 0 aromatic carbocycles. The normalized spacial score (nSPS) is 9.46. The predicted octanol–water partition coefficient (Wildman–Crippen LogP) is 1.85. The molecular formula is C10H14N2O. The lowest BCUT2D eigenvalue weighted by molar-refractivity contribution is 0.277. The molecule has 0 fully saturated rings. The molecule has 2 heterocycles. The molecular weight excluding hydrogens is 164 g/mol. The van der Waals surface area contributed by atoms with Crippen LogP contribution in [0.5, 0.6) is 0 Å². The summed E-state index contributed by atoms with van der Waals surface area (Å²) in [5.41, 5.74) is 1.58. The fourth-order valence-electron chi connectivity index (χ4n) is 1.06. The third kappa shape index (κ3) is 2.06. The summed E-state index contributed by atoms with van der Waals surface area (Å²) in [5, 5.41) is 8.76. The Bertz CT molecular complexity index is 335. The minimum atomic E-state index is 0.00167. The van der Waals surface area contributed by atoms with E-state index in [0.29, 0.717) is 5.69 Å². The van der Waals surface area contributed by atoms with E-state index in [9.17, 15) is 0 Å². The third-order valence-corrected chi connectivity index (χ3v) is 1.58. The maximum absolute atomic E-state index is 8.76. The van der Waals surface area contributed by atoms with Gasteiger partial charge in [-0.15, -0.1) is 0 Å². The molecule has 0 spiro atoms. The number of rotatable bonds is 1. The number of pyridine rings is 1. The van der Waals surface area contributed by atoms with E-state index in [0.717, 1.165) is 5.65 Å². The van der Waals surface area contributed by atoms with Gasteiger partial charge in [-0.1, -0.05) is 19.9 Å². The molecule has 0 amide bonds. The molecule has 2 rings (SSSR count). The van der Waals surface area contributed by atoms with E-state index in [2.05, 4.69) is 4.98 Å². The van der Waals surface area contributed by atoms with Crippen LogP contribution in [0.4, 0.5) is 0 Å². The molecule has 70 valence electrons. The Morgan fingerprint density at radius 2 is 2.15 bits per heavy atom. The fourth-order valence-corrected chi connectivity index (χ4v) is 1.06. The quantitative estimate of drug-likeness (QED) is 0.723. The zero-order chi connectivity index (χ0) is 9.68. The SMILES string of the molecule is CC.OCc1cn2ccccc2n1. The lowest BCUT2D eigenvalue weighted by atomic mass is 10.5. The molecule has 1 N–H and O–H groups in total. The van der Waals surface area contributed by atoms with Gasteiger partial charge in [0.25, 0.3) is 0 Å². The van der Waals surface area contributed by atoms with Crippen LogP contribution >= 0.6 is 0 Å². The maximum atomic E-state index is 8.76. The molecule has 0 aliphatic carbocycles. The highest BCUT2D eigenvalue weighted by Gasteiger charge is 1.96. The van der Waals surface area contributed by atoms with Crippen LogP contribution in [0, 0.1) is 0 Å². The van der Waals surface area contributed by atoms with Crippen molar-refractivity contribution in [3.63, 3.8) is 0 Å². The Kier molecular flexibility index (Phi) is 3.46. The van der Waals surface area contributed by atoms with Crippen LogP contribution in [0.2, 0.25) is 0 Å². The van der Waals surface area contributed by atoms with E-state index in [-0.39, 0.29) is 6.61 Å². The van der Waals surface area contributed by atoms with Gasteiger partial charge in [0.1, 0.15) is 5.65 Å². The summed E-state index contributed by atoms with van der Waals surface area (Å²) in [5.74, 6) is 0. The van der Waals surface area contributed by atoms with E-state index in [1.54, 1.807) is 0 Å². The van der Waals surface area contributed by atoms with Crippen molar-refractivity contribution in [2.24, 2.45) is 0 Å². The molecule has 3 heteroatoms. The zero-order valence-corrected chi connectivity index (χ0v) is 7.94. The van der Waals surface area contributed by atoms with Gasteiger partial charge >= 0.3 is 0 Å². The zero-order valence-electron chi connectivity index (χ0n) is 7.94. The first-order valence-electron chi connectivity index (χ1n) is 4.43. The molecule has 0 bridgehead atoms. The summed E-state index contributed by atoms with van der Waals surface area (Å²) in [6.45, 7) is 4.00. The highest BCUT2D eigenvalue weighted by atomic mass is 16.3. The summed E-state index contributed by atoms with van der Waals surface area (Å²) in [7, 11) is 0. The molecule has 3 nitrogen and oxygen atoms in total. The number of hydrogen-bond donors (Lipinski definition) is 1. The lowest BCUT2D eigenvalue weighted by Gasteiger charge is -1.86. The van der Waals surface area contributed by atoms with E-state index < -0.39 is 0 Å². The Labute approximate surface area is 77.7 Å². The van der Waals surface area contributed by atoms with Crippen LogP contribution in [0.1, 0.15) is 19.5 Å². The van der Waals surface area contributed by atoms with Gasteiger partial charge in [-0.3, -0.25) is 0 Å². The summed E-state index contributed by atoms with van der Waals surface area (Å²) in [6, 6.07) is 5.75. The Morgan fingerprint density at radius 3 is 2.77 bits per heavy atom. The molecule has 0 aliphatic heterocycles. The van der Waals surface area contributed by atoms with Crippen LogP contribution in [0.25, 0.3) is 5.65 Å². The Balaban J connectivity index is 0.000000396. The van der Waals surface area contributed by atoms with Gasteiger partial charge in [0.2, 0.25) is 0 Å². The number of imidazole rings is 1. The molecule has 0 aliphatic rings. The van der Waals surface area contributed by atoms with Crippen molar-refractivity contribution in [3.05, 3.63) is 36.3 Å². The van der Waals surface area contributed by atoms with Crippen LogP contribution < -0.4 is 0 Å². The molecule has 2 aromatic heterocycles. The van der Waals surface area contributed by atoms with E-state index >= 15 is 0 Å². The second kappa shape index (κ2) is 4.62. The first-order chi connectivity index (χ1) is 6.40. The molecule has 0 atom stereocenters. The first kappa shape index (κ1) is 9.74. The maximum Gasteiger partial charge on any atom is 0.137 e. The molecule has 0 unspecified atom stereocenters. The van der Waals surface area contributed by atoms with Crippen molar-refractivity contribution >= 4 is 5.65 Å². The molecule has 0 saturated carbocycles. The average Bonchev–Trinajstić information content (AvgIpc) is 2.63. The van der Waals surface area contributed by atoms with Crippen LogP contribution in [0.15, 0.2) is 30.6 Å². The fraction of sp³-hybridized carbons (Fsp3) is 0.300. The van der Waals surface area contributed by atoms with Crippen molar-refractivity contribution in [1.29, 1.82) is 0 Å². The average molecular weight is 178 g/mol. The Hall–Kier alpha value is -1.35. The number of hydrogen-bond acceptors (Lipinski definition) is 2. The lowest BCUT2D eigenvalue weighted by Crippen LogP contribution is -1.78. The smallest absolute Gasteiger partial charge is 0.137 e. The third-order valence-electron chi connectivity index (χ3n) is 1.58. The van der Waals surface area contributed by atoms with Crippen LogP contribution in [-0.2, 0) is 6.61 Å². The second-order valence-electron chi connectivity index (χ2n) is 2.36. The number of aliphatic hydroxyl groups excluding tert-OH is 1. The number of nitrogens with zero attached hydrogens (tertiary/aromatic N) is 2. The van der Waals surface area contributed by atoms with Crippen molar-refractivity contribution in [1.82, 2.24) is 9.38 Å². The summed E-state index contributed by atoms with van der Waals surface area (Å²) in [6.07, 6.45) is 3.72. The van der Waals surface area contributed by atoms with Gasteiger partial charge < -0.3 is 9.51 Å². The van der Waals surface area contributed by atoms with E-state index in [4.69, 9.17) is 5.11 Å². The Morgan fingerprint density at radius 1 is 1.38 bits per heavy atom. The van der Waals surface area contributed by atoms with Crippen molar-refractivity contribution in [2.45, 2.75) is 20.5 Å². The highest BCUT2D eigenvalue weighted by molar-refractivity contribution is 5.39. The number of aliphatic hydroxyl groups is 1. The van der Waals surface area contributed by atoms with Gasteiger partial charge in [-0.25, -0.2) is 4.98 Å². The first-order valence-corrected chi connectivity index (χ1v) is 4.43. The summed E-state index contributed by atoms with van der Waals surface area (Å²) >= 11 is 0. The van der Waals surface area contributed by atoms with E-state index in [1.165, 1.54) is 0 Å². The van der Waals surface area contributed by atoms with Gasteiger partial charge in [-0.05, 0) is 12.1 Å². The number of fused-ring (bicyclic) bond motifs is 1. The van der Waals surface area contributed by atoms with Crippen molar-refractivity contribution in [3.8, 4) is 0 Å². The second-order valence-corrected chi connectivity index (χ2v) is 2.36.